The molecule has 0 aromatic heterocycles. The summed E-state index contributed by atoms with van der Waals surface area (Å²) < 4.78 is 44.9. The number of sulfonamides is 1. The Morgan fingerprint density at radius 3 is 2.35 bits per heavy atom. The number of hydrogen-bond acceptors (Lipinski definition) is 5. The molecule has 10 heteroatoms. The van der Waals surface area contributed by atoms with Crippen molar-refractivity contribution in [2.24, 2.45) is 0 Å². The summed E-state index contributed by atoms with van der Waals surface area (Å²) in [4.78, 5) is 27.8. The lowest BCUT2D eigenvalue weighted by molar-refractivity contribution is -0.140. The minimum Gasteiger partial charge on any atom is -0.497 e. The van der Waals surface area contributed by atoms with Gasteiger partial charge in [-0.1, -0.05) is 25.1 Å². The van der Waals surface area contributed by atoms with Crippen LogP contribution in [-0.2, 0) is 26.2 Å². The van der Waals surface area contributed by atoms with Gasteiger partial charge in [0.15, 0.2) is 0 Å². The maximum atomic E-state index is 13.8. The van der Waals surface area contributed by atoms with Gasteiger partial charge in [-0.15, -0.1) is 0 Å². The van der Waals surface area contributed by atoms with E-state index in [1.807, 2.05) is 13.8 Å². The highest BCUT2D eigenvalue weighted by molar-refractivity contribution is 7.92. The van der Waals surface area contributed by atoms with Crippen LogP contribution < -0.4 is 14.4 Å². The van der Waals surface area contributed by atoms with Gasteiger partial charge in [0, 0.05) is 12.6 Å². The first-order valence-corrected chi connectivity index (χ1v) is 12.8. The van der Waals surface area contributed by atoms with Crippen molar-refractivity contribution in [3.8, 4) is 5.75 Å². The van der Waals surface area contributed by atoms with E-state index in [9.17, 15) is 22.4 Å². The van der Waals surface area contributed by atoms with Gasteiger partial charge < -0.3 is 15.0 Å². The predicted octanol–water partition coefficient (Wildman–Crippen LogP) is 2.93. The third-order valence-corrected chi connectivity index (χ3v) is 6.22. The number of benzene rings is 2. The van der Waals surface area contributed by atoms with Gasteiger partial charge in [0.05, 0.1) is 19.1 Å². The number of ether oxygens (including phenoxy) is 1. The number of nitrogens with zero attached hydrogens (tertiary/aromatic N) is 2. The number of anilines is 1. The summed E-state index contributed by atoms with van der Waals surface area (Å²) in [7, 11) is -2.40. The van der Waals surface area contributed by atoms with Crippen molar-refractivity contribution in [1.82, 2.24) is 10.2 Å². The quantitative estimate of drug-likeness (QED) is 0.519. The summed E-state index contributed by atoms with van der Waals surface area (Å²) in [5.41, 5.74) is 0.733. The van der Waals surface area contributed by atoms with Crippen LogP contribution in [0.5, 0.6) is 5.75 Å². The van der Waals surface area contributed by atoms with E-state index < -0.39 is 34.3 Å². The fourth-order valence-electron chi connectivity index (χ4n) is 3.51. The Kier molecular flexibility index (Phi) is 9.43. The lowest BCUT2D eigenvalue weighted by Crippen LogP contribution is -2.53. The minimum atomic E-state index is -3.92. The fraction of sp³-hybridized carbons (Fsp3) is 0.417. The van der Waals surface area contributed by atoms with Crippen LogP contribution in [0.3, 0.4) is 0 Å². The molecule has 0 bridgehead atoms. The number of nitrogens with one attached hydrogen (secondary N) is 1. The van der Waals surface area contributed by atoms with E-state index in [2.05, 4.69) is 5.32 Å². The summed E-state index contributed by atoms with van der Waals surface area (Å²) in [6.45, 7) is 4.87. The number of rotatable bonds is 11. The zero-order chi connectivity index (χ0) is 25.5. The molecule has 2 amide bonds. The molecule has 186 valence electrons. The number of amides is 2. The molecule has 0 radical (unpaired) electrons. The van der Waals surface area contributed by atoms with E-state index in [0.29, 0.717) is 17.7 Å². The zero-order valence-electron chi connectivity index (χ0n) is 20.1. The van der Waals surface area contributed by atoms with Crippen molar-refractivity contribution >= 4 is 27.5 Å². The Balaban J connectivity index is 2.46. The molecule has 0 aliphatic carbocycles. The van der Waals surface area contributed by atoms with Gasteiger partial charge in [-0.3, -0.25) is 13.9 Å². The largest absolute Gasteiger partial charge is 0.497 e. The SMILES string of the molecule is CC[C@H](C(=O)NC(C)C)N(Cc1cccc(OC)c1)C(=O)CN(c1cccc(F)c1)S(C)(=O)=O. The number of methoxy groups -OCH3 is 1. The van der Waals surface area contributed by atoms with E-state index in [4.69, 9.17) is 4.74 Å². The van der Waals surface area contributed by atoms with Crippen LogP contribution in [-0.4, -0.2) is 57.1 Å². The molecule has 0 saturated carbocycles. The third-order valence-electron chi connectivity index (χ3n) is 5.08. The second kappa shape index (κ2) is 11.8. The molecule has 0 aliphatic heterocycles. The highest BCUT2D eigenvalue weighted by Gasteiger charge is 2.32. The first-order chi connectivity index (χ1) is 16.0. The fourth-order valence-corrected chi connectivity index (χ4v) is 4.35. The number of carbonyl (C=O) groups is 2. The summed E-state index contributed by atoms with van der Waals surface area (Å²) in [6.07, 6.45) is 1.26. The van der Waals surface area contributed by atoms with E-state index in [0.717, 1.165) is 16.6 Å². The van der Waals surface area contributed by atoms with Crippen LogP contribution in [0.4, 0.5) is 10.1 Å². The van der Waals surface area contributed by atoms with E-state index in [-0.39, 0.29) is 24.2 Å². The highest BCUT2D eigenvalue weighted by atomic mass is 32.2. The van der Waals surface area contributed by atoms with Crippen LogP contribution in [0.25, 0.3) is 0 Å². The molecule has 1 atom stereocenters. The molecule has 2 aromatic rings. The van der Waals surface area contributed by atoms with Crippen molar-refractivity contribution in [2.45, 2.75) is 45.8 Å². The summed E-state index contributed by atoms with van der Waals surface area (Å²) in [5, 5.41) is 2.82. The number of carbonyl (C=O) groups excluding carboxylic acids is 2. The Morgan fingerprint density at radius 2 is 1.79 bits per heavy atom. The third kappa shape index (κ3) is 7.44. The Morgan fingerprint density at radius 1 is 1.12 bits per heavy atom. The first kappa shape index (κ1) is 27.1. The molecule has 0 saturated heterocycles. The van der Waals surface area contributed by atoms with E-state index in [1.165, 1.54) is 30.2 Å². The predicted molar refractivity (Wildman–Crippen MR) is 129 cm³/mol. The second-order valence-electron chi connectivity index (χ2n) is 8.21. The van der Waals surface area contributed by atoms with Gasteiger partial charge in [0.1, 0.15) is 24.2 Å². The molecule has 2 rings (SSSR count). The standard InChI is InChI=1S/C24H32FN3O5S/c1-6-22(24(30)26-17(2)3)27(15-18-9-7-12-21(13-18)33-4)23(29)16-28(34(5,31)32)20-11-8-10-19(25)14-20/h7-14,17,22H,6,15-16H2,1-5H3,(H,26,30)/t22-/m1/s1. The summed E-state index contributed by atoms with van der Waals surface area (Å²) >= 11 is 0. The van der Waals surface area contributed by atoms with Crippen molar-refractivity contribution in [1.29, 1.82) is 0 Å². The summed E-state index contributed by atoms with van der Waals surface area (Å²) in [6, 6.07) is 11.1. The normalized spacial score (nSPS) is 12.2. The number of halogens is 1. The molecular formula is C24H32FN3O5S. The number of hydrogen-bond donors (Lipinski definition) is 1. The van der Waals surface area contributed by atoms with Crippen LogP contribution >= 0.6 is 0 Å². The highest BCUT2D eigenvalue weighted by Crippen LogP contribution is 2.21. The second-order valence-corrected chi connectivity index (χ2v) is 10.1. The van der Waals surface area contributed by atoms with Crippen molar-refractivity contribution in [3.63, 3.8) is 0 Å². The van der Waals surface area contributed by atoms with Gasteiger partial charge in [-0.25, -0.2) is 12.8 Å². The van der Waals surface area contributed by atoms with Gasteiger partial charge in [0.25, 0.3) is 0 Å². The zero-order valence-corrected chi connectivity index (χ0v) is 20.9. The lowest BCUT2D eigenvalue weighted by atomic mass is 10.1. The van der Waals surface area contributed by atoms with Crippen molar-refractivity contribution in [3.05, 3.63) is 59.9 Å². The van der Waals surface area contributed by atoms with Crippen LogP contribution in [0.15, 0.2) is 48.5 Å². The maximum Gasteiger partial charge on any atom is 0.244 e. The van der Waals surface area contributed by atoms with E-state index >= 15 is 0 Å². The van der Waals surface area contributed by atoms with Gasteiger partial charge in [-0.2, -0.15) is 0 Å². The molecular weight excluding hydrogens is 461 g/mol. The molecule has 0 fully saturated rings. The van der Waals surface area contributed by atoms with Crippen LogP contribution in [0.1, 0.15) is 32.8 Å². The molecule has 1 N–H and O–H groups in total. The Bertz CT molecular complexity index is 1110. The molecule has 34 heavy (non-hydrogen) atoms. The van der Waals surface area contributed by atoms with Crippen molar-refractivity contribution in [2.75, 3.05) is 24.2 Å². The van der Waals surface area contributed by atoms with Crippen LogP contribution in [0, 0.1) is 5.82 Å². The molecule has 0 spiro atoms. The van der Waals surface area contributed by atoms with E-state index in [1.54, 1.807) is 31.2 Å². The van der Waals surface area contributed by atoms with Gasteiger partial charge in [-0.05, 0) is 56.2 Å². The Labute approximate surface area is 200 Å². The molecule has 0 heterocycles. The van der Waals surface area contributed by atoms with Gasteiger partial charge >= 0.3 is 0 Å². The lowest BCUT2D eigenvalue weighted by Gasteiger charge is -2.33. The monoisotopic (exact) mass is 493 g/mol. The van der Waals surface area contributed by atoms with Gasteiger partial charge in [0.2, 0.25) is 21.8 Å². The molecule has 0 unspecified atom stereocenters. The average molecular weight is 494 g/mol. The molecule has 2 aromatic carbocycles. The van der Waals surface area contributed by atoms with Crippen LogP contribution in [0.2, 0.25) is 0 Å². The summed E-state index contributed by atoms with van der Waals surface area (Å²) in [5.74, 6) is -0.981. The molecule has 0 aliphatic rings. The minimum absolute atomic E-state index is 0.0249. The topological polar surface area (TPSA) is 96.0 Å². The maximum absolute atomic E-state index is 13.8. The first-order valence-electron chi connectivity index (χ1n) is 10.9. The Hall–Kier alpha value is -3.14. The average Bonchev–Trinajstić information content (AvgIpc) is 2.76. The smallest absolute Gasteiger partial charge is 0.244 e. The molecule has 8 nitrogen and oxygen atoms in total. The van der Waals surface area contributed by atoms with Crippen molar-refractivity contribution < 1.29 is 27.1 Å².